The van der Waals surface area contributed by atoms with E-state index in [0.717, 1.165) is 25.3 Å². The molecule has 1 N–H and O–H groups in total. The summed E-state index contributed by atoms with van der Waals surface area (Å²) in [6, 6.07) is 8.84. The van der Waals surface area contributed by atoms with E-state index in [1.54, 1.807) is 0 Å². The number of hydrogen-bond donors (Lipinski definition) is 1. The van der Waals surface area contributed by atoms with Crippen molar-refractivity contribution in [2.24, 2.45) is 0 Å². The van der Waals surface area contributed by atoms with Crippen molar-refractivity contribution in [3.63, 3.8) is 0 Å². The van der Waals surface area contributed by atoms with Gasteiger partial charge < -0.3 is 14.8 Å². The largest absolute Gasteiger partial charge is 0.491 e. The fourth-order valence-electron chi connectivity index (χ4n) is 1.81. The van der Waals surface area contributed by atoms with Crippen molar-refractivity contribution in [1.29, 1.82) is 0 Å². The molecule has 1 rings (SSSR count). The van der Waals surface area contributed by atoms with Gasteiger partial charge in [-0.2, -0.15) is 0 Å². The lowest BCUT2D eigenvalue weighted by Crippen LogP contribution is -2.29. The first-order valence-electron chi connectivity index (χ1n) is 7.67. The van der Waals surface area contributed by atoms with Crippen molar-refractivity contribution in [3.8, 4) is 5.75 Å². The quantitative estimate of drug-likeness (QED) is 0.664. The molecule has 20 heavy (non-hydrogen) atoms. The molecular formula is C17H29NO2. The third-order valence-electron chi connectivity index (χ3n) is 3.37. The van der Waals surface area contributed by atoms with Crippen LogP contribution in [-0.2, 0) is 4.74 Å². The molecule has 1 atom stereocenters. The maximum atomic E-state index is 5.70. The van der Waals surface area contributed by atoms with Gasteiger partial charge in [-0.3, -0.25) is 0 Å². The SMILES string of the molecule is CC[C@H](C)NCCOCCOc1cccc(C(C)C)c1. The molecule has 1 aromatic rings. The van der Waals surface area contributed by atoms with Gasteiger partial charge in [-0.1, -0.05) is 32.9 Å². The molecule has 0 unspecified atom stereocenters. The van der Waals surface area contributed by atoms with Crippen molar-refractivity contribution in [3.05, 3.63) is 29.8 Å². The highest BCUT2D eigenvalue weighted by atomic mass is 16.5. The summed E-state index contributed by atoms with van der Waals surface area (Å²) in [5.74, 6) is 1.46. The summed E-state index contributed by atoms with van der Waals surface area (Å²) in [4.78, 5) is 0. The molecule has 0 aliphatic heterocycles. The predicted octanol–water partition coefficient (Wildman–Crippen LogP) is 3.59. The number of benzene rings is 1. The Hall–Kier alpha value is -1.06. The van der Waals surface area contributed by atoms with Crippen LogP contribution in [0.4, 0.5) is 0 Å². The van der Waals surface area contributed by atoms with Crippen molar-refractivity contribution in [2.45, 2.75) is 46.1 Å². The van der Waals surface area contributed by atoms with Crippen molar-refractivity contribution in [1.82, 2.24) is 5.32 Å². The molecule has 0 fully saturated rings. The maximum Gasteiger partial charge on any atom is 0.119 e. The second kappa shape index (κ2) is 9.78. The summed E-state index contributed by atoms with van der Waals surface area (Å²) in [7, 11) is 0. The van der Waals surface area contributed by atoms with E-state index in [9.17, 15) is 0 Å². The molecule has 0 aliphatic rings. The van der Waals surface area contributed by atoms with Crippen molar-refractivity contribution < 1.29 is 9.47 Å². The van der Waals surface area contributed by atoms with Crippen LogP contribution in [0.2, 0.25) is 0 Å². The van der Waals surface area contributed by atoms with Gasteiger partial charge in [0, 0.05) is 12.6 Å². The van der Waals surface area contributed by atoms with E-state index in [4.69, 9.17) is 9.47 Å². The van der Waals surface area contributed by atoms with Crippen LogP contribution in [0.5, 0.6) is 5.75 Å². The van der Waals surface area contributed by atoms with Gasteiger partial charge in [0.15, 0.2) is 0 Å². The van der Waals surface area contributed by atoms with Gasteiger partial charge in [-0.15, -0.1) is 0 Å². The Morgan fingerprint density at radius 3 is 2.60 bits per heavy atom. The topological polar surface area (TPSA) is 30.5 Å². The predicted molar refractivity (Wildman–Crippen MR) is 84.6 cm³/mol. The second-order valence-electron chi connectivity index (χ2n) is 5.45. The minimum absolute atomic E-state index is 0.529. The third kappa shape index (κ3) is 6.92. The second-order valence-corrected chi connectivity index (χ2v) is 5.45. The number of hydrogen-bond acceptors (Lipinski definition) is 3. The van der Waals surface area contributed by atoms with Gasteiger partial charge in [-0.25, -0.2) is 0 Å². The van der Waals surface area contributed by atoms with E-state index >= 15 is 0 Å². The molecule has 0 saturated heterocycles. The fourth-order valence-corrected chi connectivity index (χ4v) is 1.81. The smallest absolute Gasteiger partial charge is 0.119 e. The van der Waals surface area contributed by atoms with E-state index < -0.39 is 0 Å². The lowest BCUT2D eigenvalue weighted by atomic mass is 10.0. The van der Waals surface area contributed by atoms with E-state index in [1.807, 2.05) is 12.1 Å². The van der Waals surface area contributed by atoms with Crippen molar-refractivity contribution in [2.75, 3.05) is 26.4 Å². The summed E-state index contributed by atoms with van der Waals surface area (Å²) in [5.41, 5.74) is 1.31. The molecule has 114 valence electrons. The van der Waals surface area contributed by atoms with E-state index in [1.165, 1.54) is 5.56 Å². The monoisotopic (exact) mass is 279 g/mol. The Balaban J connectivity index is 2.11. The standard InChI is InChI=1S/C17H29NO2/c1-5-15(4)18-9-10-19-11-12-20-17-8-6-7-16(13-17)14(2)3/h6-8,13-15,18H,5,9-12H2,1-4H3/t15-/m0/s1. The van der Waals surface area contributed by atoms with E-state index in [-0.39, 0.29) is 0 Å². The molecule has 3 nitrogen and oxygen atoms in total. The zero-order valence-corrected chi connectivity index (χ0v) is 13.3. The Morgan fingerprint density at radius 1 is 1.10 bits per heavy atom. The summed E-state index contributed by atoms with van der Waals surface area (Å²) >= 11 is 0. The molecule has 0 saturated carbocycles. The van der Waals surface area contributed by atoms with Crippen LogP contribution in [-0.4, -0.2) is 32.4 Å². The Labute approximate surface area is 123 Å². The van der Waals surface area contributed by atoms with Crippen LogP contribution in [0, 0.1) is 0 Å². The highest BCUT2D eigenvalue weighted by Gasteiger charge is 2.01. The Morgan fingerprint density at radius 2 is 1.90 bits per heavy atom. The minimum atomic E-state index is 0.529. The molecule has 0 spiro atoms. The average molecular weight is 279 g/mol. The zero-order chi connectivity index (χ0) is 14.8. The minimum Gasteiger partial charge on any atom is -0.491 e. The van der Waals surface area contributed by atoms with Gasteiger partial charge in [0.25, 0.3) is 0 Å². The molecule has 0 amide bonds. The van der Waals surface area contributed by atoms with Gasteiger partial charge in [-0.05, 0) is 37.0 Å². The third-order valence-corrected chi connectivity index (χ3v) is 3.37. The highest BCUT2D eigenvalue weighted by molar-refractivity contribution is 5.30. The van der Waals surface area contributed by atoms with Crippen LogP contribution < -0.4 is 10.1 Å². The molecule has 0 aliphatic carbocycles. The molecule has 0 aromatic heterocycles. The molecule has 1 aromatic carbocycles. The van der Waals surface area contributed by atoms with E-state index in [0.29, 0.717) is 25.2 Å². The number of rotatable bonds is 10. The average Bonchev–Trinajstić information content (AvgIpc) is 2.46. The molecule has 0 radical (unpaired) electrons. The first-order valence-corrected chi connectivity index (χ1v) is 7.67. The number of nitrogens with one attached hydrogen (secondary N) is 1. The molecule has 3 heteroatoms. The summed E-state index contributed by atoms with van der Waals surface area (Å²) < 4.78 is 11.2. The van der Waals surface area contributed by atoms with Crippen LogP contribution in [0.15, 0.2) is 24.3 Å². The van der Waals surface area contributed by atoms with Gasteiger partial charge in [0.2, 0.25) is 0 Å². The van der Waals surface area contributed by atoms with Gasteiger partial charge >= 0.3 is 0 Å². The first kappa shape index (κ1) is 17.0. The normalized spacial score (nSPS) is 12.7. The van der Waals surface area contributed by atoms with Crippen LogP contribution in [0.1, 0.15) is 45.6 Å². The molecule has 0 bridgehead atoms. The van der Waals surface area contributed by atoms with Crippen LogP contribution in [0.3, 0.4) is 0 Å². The summed E-state index contributed by atoms with van der Waals surface area (Å²) in [6.45, 7) is 11.6. The highest BCUT2D eigenvalue weighted by Crippen LogP contribution is 2.19. The Kier molecular flexibility index (Phi) is 8.31. The Bertz CT molecular complexity index is 366. The van der Waals surface area contributed by atoms with Crippen LogP contribution >= 0.6 is 0 Å². The number of ether oxygens (including phenoxy) is 2. The first-order chi connectivity index (χ1) is 9.63. The molecular weight excluding hydrogens is 250 g/mol. The van der Waals surface area contributed by atoms with Crippen LogP contribution in [0.25, 0.3) is 0 Å². The fraction of sp³-hybridized carbons (Fsp3) is 0.647. The zero-order valence-electron chi connectivity index (χ0n) is 13.3. The van der Waals surface area contributed by atoms with E-state index in [2.05, 4.69) is 45.1 Å². The van der Waals surface area contributed by atoms with Crippen molar-refractivity contribution >= 4 is 0 Å². The lowest BCUT2D eigenvalue weighted by molar-refractivity contribution is 0.100. The van der Waals surface area contributed by atoms with Gasteiger partial charge in [0.1, 0.15) is 12.4 Å². The lowest BCUT2D eigenvalue weighted by Gasteiger charge is -2.12. The maximum absolute atomic E-state index is 5.70. The summed E-state index contributed by atoms with van der Waals surface area (Å²) in [5, 5.41) is 3.39. The summed E-state index contributed by atoms with van der Waals surface area (Å²) in [6.07, 6.45) is 1.15. The molecule has 0 heterocycles. The van der Waals surface area contributed by atoms with Gasteiger partial charge in [0.05, 0.1) is 13.2 Å².